The first-order chi connectivity index (χ1) is 9.25. The Kier molecular flexibility index (Phi) is 3.05. The number of imidazole rings is 1. The number of rotatable bonds is 3. The summed E-state index contributed by atoms with van der Waals surface area (Å²) in [5.74, 6) is 0. The van der Waals surface area contributed by atoms with Gasteiger partial charge in [0.2, 0.25) is 0 Å². The molecule has 0 atom stereocenters. The van der Waals surface area contributed by atoms with Crippen LogP contribution in [-0.2, 0) is 6.54 Å². The highest BCUT2D eigenvalue weighted by Crippen LogP contribution is 2.26. The number of pyridine rings is 1. The van der Waals surface area contributed by atoms with E-state index in [-0.39, 0.29) is 0 Å². The molecule has 4 nitrogen and oxygen atoms in total. The molecule has 0 aliphatic heterocycles. The van der Waals surface area contributed by atoms with E-state index in [0.29, 0.717) is 0 Å². The molecule has 2 N–H and O–H groups in total. The fourth-order valence-corrected chi connectivity index (χ4v) is 2.92. The first kappa shape index (κ1) is 11.9. The van der Waals surface area contributed by atoms with E-state index >= 15 is 0 Å². The van der Waals surface area contributed by atoms with Crippen molar-refractivity contribution in [1.29, 1.82) is 0 Å². The Morgan fingerprint density at radius 2 is 2.16 bits per heavy atom. The lowest BCUT2D eigenvalue weighted by Gasteiger charge is -2.09. The number of aryl methyl sites for hydroxylation is 1. The molecule has 0 spiro atoms. The number of nitrogens with two attached hydrogens (primary N) is 1. The second-order valence-electron chi connectivity index (χ2n) is 4.40. The van der Waals surface area contributed by atoms with Crippen LogP contribution in [0.2, 0.25) is 0 Å². The Hall–Kier alpha value is -2.14. The van der Waals surface area contributed by atoms with Gasteiger partial charge in [0.15, 0.2) is 0 Å². The maximum Gasteiger partial charge on any atom is 0.0954 e. The Labute approximate surface area is 115 Å². The van der Waals surface area contributed by atoms with Crippen LogP contribution in [0.1, 0.15) is 10.4 Å². The summed E-state index contributed by atoms with van der Waals surface area (Å²) in [5.41, 5.74) is 9.96. The quantitative estimate of drug-likeness (QED) is 0.796. The maximum atomic E-state index is 6.01. The fourth-order valence-electron chi connectivity index (χ4n) is 2.01. The number of nitrogens with zero attached hydrogens (tertiary/aromatic N) is 3. The first-order valence-electron chi connectivity index (χ1n) is 5.98. The molecular formula is C14H14N4S. The Morgan fingerprint density at radius 1 is 1.26 bits per heavy atom. The van der Waals surface area contributed by atoms with Crippen LogP contribution < -0.4 is 5.73 Å². The second kappa shape index (κ2) is 4.85. The largest absolute Gasteiger partial charge is 0.398 e. The van der Waals surface area contributed by atoms with Gasteiger partial charge in [-0.15, -0.1) is 11.3 Å². The lowest BCUT2D eigenvalue weighted by atomic mass is 10.2. The smallest absolute Gasteiger partial charge is 0.0954 e. The molecule has 5 heteroatoms. The molecule has 0 aliphatic rings. The van der Waals surface area contributed by atoms with Crippen molar-refractivity contribution in [3.05, 3.63) is 52.9 Å². The molecule has 0 bridgehead atoms. The monoisotopic (exact) mass is 270 g/mol. The first-order valence-corrected chi connectivity index (χ1v) is 6.86. The molecule has 0 aromatic carbocycles. The molecule has 3 aromatic rings. The van der Waals surface area contributed by atoms with Crippen molar-refractivity contribution in [2.75, 3.05) is 5.73 Å². The van der Waals surface area contributed by atoms with Crippen molar-refractivity contribution in [1.82, 2.24) is 14.5 Å². The van der Waals surface area contributed by atoms with Crippen molar-refractivity contribution in [3.8, 4) is 11.3 Å². The third kappa shape index (κ3) is 2.24. The molecule has 3 aromatic heterocycles. The molecule has 0 saturated carbocycles. The number of anilines is 1. The van der Waals surface area contributed by atoms with Crippen molar-refractivity contribution in [2.45, 2.75) is 13.5 Å². The van der Waals surface area contributed by atoms with Gasteiger partial charge < -0.3 is 10.3 Å². The van der Waals surface area contributed by atoms with Crippen molar-refractivity contribution < 1.29 is 0 Å². The van der Waals surface area contributed by atoms with Crippen molar-refractivity contribution in [3.63, 3.8) is 0 Å². The van der Waals surface area contributed by atoms with Gasteiger partial charge in [-0.1, -0.05) is 0 Å². The van der Waals surface area contributed by atoms with Crippen LogP contribution >= 0.6 is 11.3 Å². The van der Waals surface area contributed by atoms with Gasteiger partial charge in [-0.2, -0.15) is 0 Å². The minimum Gasteiger partial charge on any atom is -0.398 e. The zero-order valence-electron chi connectivity index (χ0n) is 10.6. The summed E-state index contributed by atoms with van der Waals surface area (Å²) in [6, 6.07) is 3.94. The van der Waals surface area contributed by atoms with E-state index in [1.807, 2.05) is 18.6 Å². The van der Waals surface area contributed by atoms with Crippen LogP contribution in [0.4, 0.5) is 5.69 Å². The summed E-state index contributed by atoms with van der Waals surface area (Å²) >= 11 is 1.76. The zero-order chi connectivity index (χ0) is 13.2. The van der Waals surface area contributed by atoms with Crippen LogP contribution in [0.25, 0.3) is 11.3 Å². The van der Waals surface area contributed by atoms with Gasteiger partial charge in [0.05, 0.1) is 24.8 Å². The summed E-state index contributed by atoms with van der Waals surface area (Å²) in [7, 11) is 0. The maximum absolute atomic E-state index is 6.01. The molecule has 96 valence electrons. The van der Waals surface area contributed by atoms with Crippen molar-refractivity contribution in [2.24, 2.45) is 0 Å². The Morgan fingerprint density at radius 3 is 2.89 bits per heavy atom. The molecule has 0 unspecified atom stereocenters. The molecule has 19 heavy (non-hydrogen) atoms. The number of thiophene rings is 1. The molecule has 3 rings (SSSR count). The van der Waals surface area contributed by atoms with Gasteiger partial charge in [0.1, 0.15) is 0 Å². The molecule has 0 fully saturated rings. The predicted octanol–water partition coefficient (Wildman–Crippen LogP) is 2.95. The van der Waals surface area contributed by atoms with Crippen LogP contribution in [0.5, 0.6) is 0 Å². The van der Waals surface area contributed by atoms with Gasteiger partial charge in [-0.3, -0.25) is 4.98 Å². The second-order valence-corrected chi connectivity index (χ2v) is 5.40. The minimum atomic E-state index is 0.722. The fraction of sp³-hybridized carbons (Fsp3) is 0.143. The number of hydrogen-bond acceptors (Lipinski definition) is 4. The summed E-state index contributed by atoms with van der Waals surface area (Å²) < 4.78 is 2.10. The summed E-state index contributed by atoms with van der Waals surface area (Å²) in [4.78, 5) is 9.71. The lowest BCUT2D eigenvalue weighted by molar-refractivity contribution is 0.813. The third-order valence-corrected chi connectivity index (χ3v) is 4.13. The van der Waals surface area contributed by atoms with Crippen molar-refractivity contribution >= 4 is 17.0 Å². The Balaban J connectivity index is 2.00. The SMILES string of the molecule is Cc1ccsc1Cn1cncc1-c1cnccc1N. The van der Waals surface area contributed by atoms with E-state index < -0.39 is 0 Å². The molecule has 0 radical (unpaired) electrons. The highest BCUT2D eigenvalue weighted by atomic mass is 32.1. The highest BCUT2D eigenvalue weighted by molar-refractivity contribution is 7.10. The summed E-state index contributed by atoms with van der Waals surface area (Å²) in [6.07, 6.45) is 7.14. The number of hydrogen-bond donors (Lipinski definition) is 1. The van der Waals surface area contributed by atoms with Gasteiger partial charge in [-0.25, -0.2) is 4.98 Å². The van der Waals surface area contributed by atoms with E-state index in [1.54, 1.807) is 23.7 Å². The van der Waals surface area contributed by atoms with E-state index in [0.717, 1.165) is 23.5 Å². The third-order valence-electron chi connectivity index (χ3n) is 3.13. The average molecular weight is 270 g/mol. The number of aromatic nitrogens is 3. The van der Waals surface area contributed by atoms with Crippen LogP contribution in [0.3, 0.4) is 0 Å². The van der Waals surface area contributed by atoms with Gasteiger partial charge >= 0.3 is 0 Å². The van der Waals surface area contributed by atoms with Gasteiger partial charge in [0, 0.05) is 28.5 Å². The van der Waals surface area contributed by atoms with Gasteiger partial charge in [-0.05, 0) is 30.0 Å². The minimum absolute atomic E-state index is 0.722. The van der Waals surface area contributed by atoms with E-state index in [2.05, 4.69) is 32.9 Å². The topological polar surface area (TPSA) is 56.7 Å². The summed E-state index contributed by atoms with van der Waals surface area (Å²) in [5, 5.41) is 2.11. The van der Waals surface area contributed by atoms with Crippen LogP contribution in [-0.4, -0.2) is 14.5 Å². The van der Waals surface area contributed by atoms with Gasteiger partial charge in [0.25, 0.3) is 0 Å². The molecule has 0 amide bonds. The normalized spacial score (nSPS) is 10.8. The molecule has 0 saturated heterocycles. The molecular weight excluding hydrogens is 256 g/mol. The number of nitrogen functional groups attached to an aromatic ring is 1. The van der Waals surface area contributed by atoms with E-state index in [9.17, 15) is 0 Å². The van der Waals surface area contributed by atoms with Crippen LogP contribution in [0, 0.1) is 6.92 Å². The average Bonchev–Trinajstić information content (AvgIpc) is 3.01. The molecule has 0 aliphatic carbocycles. The van der Waals surface area contributed by atoms with Crippen LogP contribution in [0.15, 0.2) is 42.4 Å². The summed E-state index contributed by atoms with van der Waals surface area (Å²) in [6.45, 7) is 2.94. The Bertz CT molecular complexity index is 699. The van der Waals surface area contributed by atoms with E-state index in [4.69, 9.17) is 5.73 Å². The predicted molar refractivity (Wildman–Crippen MR) is 78.0 cm³/mol. The lowest BCUT2D eigenvalue weighted by Crippen LogP contribution is -2.01. The van der Waals surface area contributed by atoms with E-state index in [1.165, 1.54) is 10.4 Å². The standard InChI is InChI=1S/C14H14N4S/c1-10-3-5-19-14(10)8-18-9-17-7-13(18)11-6-16-4-2-12(11)15/h2-7,9H,8H2,1H3,(H2,15,16). The highest BCUT2D eigenvalue weighted by Gasteiger charge is 2.10. The molecule has 3 heterocycles. The zero-order valence-corrected chi connectivity index (χ0v) is 11.4.